The molecular weight excluding hydrogens is 507 g/mol. The molecule has 208 valence electrons. The van der Waals surface area contributed by atoms with Crippen LogP contribution in [0.1, 0.15) is 42.0 Å². The Balaban J connectivity index is 0.00000102. The van der Waals surface area contributed by atoms with Crippen molar-refractivity contribution in [2.75, 3.05) is 33.8 Å². The van der Waals surface area contributed by atoms with Gasteiger partial charge in [-0.1, -0.05) is 25.5 Å². The van der Waals surface area contributed by atoms with Gasteiger partial charge in [-0.3, -0.25) is 4.79 Å². The van der Waals surface area contributed by atoms with E-state index in [0.29, 0.717) is 24.1 Å². The Labute approximate surface area is 211 Å². The average Bonchev–Trinajstić information content (AvgIpc) is 2.82. The normalized spacial score (nSPS) is 13.4. The Hall–Kier alpha value is -2.70. The van der Waals surface area contributed by atoms with Crippen molar-refractivity contribution in [2.45, 2.75) is 44.3 Å². The van der Waals surface area contributed by atoms with Crippen LogP contribution in [-0.4, -0.2) is 40.2 Å². The predicted molar refractivity (Wildman–Crippen MR) is 126 cm³/mol. The molecule has 1 unspecified atom stereocenters. The fourth-order valence-electron chi connectivity index (χ4n) is 3.40. The largest absolute Gasteiger partial charge is 0.416 e. The van der Waals surface area contributed by atoms with Crippen LogP contribution in [0.3, 0.4) is 0 Å². The summed E-state index contributed by atoms with van der Waals surface area (Å²) in [5.74, 6) is -0.530. The number of nitrogens with one attached hydrogen (secondary N) is 3. The van der Waals surface area contributed by atoms with Crippen LogP contribution in [0.5, 0.6) is 0 Å². The first-order valence-electron chi connectivity index (χ1n) is 11.5. The third-order valence-electron chi connectivity index (χ3n) is 5.26. The number of ether oxygens (including phenoxy) is 1. The van der Waals surface area contributed by atoms with Gasteiger partial charge in [0, 0.05) is 6.54 Å². The molecule has 0 fully saturated rings. The highest BCUT2D eigenvalue weighted by molar-refractivity contribution is 5.50. The zero-order valence-electron chi connectivity index (χ0n) is 20.8. The third-order valence-corrected chi connectivity index (χ3v) is 5.26. The number of rotatable bonds is 12. The Morgan fingerprint density at radius 1 is 0.865 bits per heavy atom. The number of halogens is 7. The second-order valence-corrected chi connectivity index (χ2v) is 8.25. The number of unbranched alkanes of at least 4 members (excludes halogenated alkanes) is 1. The molecule has 0 aromatic heterocycles. The highest BCUT2D eigenvalue weighted by atomic mass is 19.4. The molecule has 1 atom stereocenters. The van der Waals surface area contributed by atoms with Crippen LogP contribution in [0.15, 0.2) is 42.5 Å². The van der Waals surface area contributed by atoms with Gasteiger partial charge in [-0.05, 0) is 68.5 Å². The second kappa shape index (κ2) is 14.9. The minimum absolute atomic E-state index is 0.0290. The highest BCUT2D eigenvalue weighted by Crippen LogP contribution is 2.36. The predicted octanol–water partition coefficient (Wildman–Crippen LogP) is 5.25. The van der Waals surface area contributed by atoms with E-state index in [1.54, 1.807) is 7.05 Å². The van der Waals surface area contributed by atoms with Crippen LogP contribution in [0.4, 0.5) is 30.7 Å². The topological polar surface area (TPSA) is 62.4 Å². The molecule has 0 aliphatic heterocycles. The summed E-state index contributed by atoms with van der Waals surface area (Å²) in [6.07, 6.45) is -6.98. The van der Waals surface area contributed by atoms with E-state index in [9.17, 15) is 35.5 Å². The van der Waals surface area contributed by atoms with Crippen LogP contribution in [0, 0.1) is 5.82 Å². The minimum Gasteiger partial charge on any atom is -0.374 e. The van der Waals surface area contributed by atoms with E-state index in [0.717, 1.165) is 18.7 Å². The van der Waals surface area contributed by atoms with Crippen molar-refractivity contribution in [2.24, 2.45) is 0 Å². The van der Waals surface area contributed by atoms with Crippen molar-refractivity contribution in [3.8, 4) is 0 Å². The van der Waals surface area contributed by atoms with Gasteiger partial charge in [-0.15, -0.1) is 0 Å². The molecule has 0 aliphatic carbocycles. The molecule has 2 aromatic rings. The summed E-state index contributed by atoms with van der Waals surface area (Å²) in [4.78, 5) is 11.2. The quantitative estimate of drug-likeness (QED) is 0.196. The molecule has 0 saturated carbocycles. The molecule has 0 bridgehead atoms. The maximum absolute atomic E-state index is 13.3. The zero-order chi connectivity index (χ0) is 28.1. The lowest BCUT2D eigenvalue weighted by Gasteiger charge is -2.33. The molecule has 2 rings (SSSR count). The van der Waals surface area contributed by atoms with Crippen LogP contribution < -0.4 is 16.0 Å². The molecule has 0 saturated heterocycles. The van der Waals surface area contributed by atoms with E-state index in [1.807, 2.05) is 7.05 Å². The van der Waals surface area contributed by atoms with Crippen LogP contribution in [-0.2, 0) is 34.0 Å². The fraction of sp³-hybridized carbons (Fsp3) is 0.480. The van der Waals surface area contributed by atoms with Gasteiger partial charge in [0.25, 0.3) is 0 Å². The Morgan fingerprint density at radius 3 is 1.84 bits per heavy atom. The molecule has 0 radical (unpaired) electrons. The van der Waals surface area contributed by atoms with Gasteiger partial charge in [0.1, 0.15) is 11.4 Å². The maximum atomic E-state index is 13.3. The average molecular weight is 540 g/mol. The number of amides is 1. The first kappa shape index (κ1) is 32.3. The molecule has 12 heteroatoms. The summed E-state index contributed by atoms with van der Waals surface area (Å²) in [5.41, 5.74) is -4.06. The van der Waals surface area contributed by atoms with Crippen molar-refractivity contribution >= 4 is 6.41 Å². The third kappa shape index (κ3) is 10.7. The number of alkyl halides is 6. The van der Waals surface area contributed by atoms with E-state index in [2.05, 4.69) is 22.9 Å². The highest BCUT2D eigenvalue weighted by Gasteiger charge is 2.37. The number of likely N-dealkylation sites (N-methyl/N-ethyl adjacent to an activating group) is 1. The van der Waals surface area contributed by atoms with E-state index in [1.165, 1.54) is 25.0 Å². The van der Waals surface area contributed by atoms with E-state index in [4.69, 9.17) is 4.74 Å². The molecule has 3 N–H and O–H groups in total. The summed E-state index contributed by atoms with van der Waals surface area (Å²) in [5, 5.41) is 8.43. The first-order chi connectivity index (χ1) is 17.3. The molecule has 0 heterocycles. The zero-order valence-corrected chi connectivity index (χ0v) is 20.8. The van der Waals surface area contributed by atoms with Gasteiger partial charge in [0.2, 0.25) is 6.41 Å². The molecular formula is C25H32F7N3O2. The Morgan fingerprint density at radius 2 is 1.43 bits per heavy atom. The number of benzene rings is 2. The lowest BCUT2D eigenvalue weighted by molar-refractivity contribution is -0.143. The summed E-state index contributed by atoms with van der Waals surface area (Å²) in [6, 6.07) is 6.24. The summed E-state index contributed by atoms with van der Waals surface area (Å²) in [6.45, 7) is 2.55. The lowest BCUT2D eigenvalue weighted by Crippen LogP contribution is -2.52. The van der Waals surface area contributed by atoms with Crippen molar-refractivity contribution in [1.29, 1.82) is 0 Å². The summed E-state index contributed by atoms with van der Waals surface area (Å²) < 4.78 is 96.7. The van der Waals surface area contributed by atoms with E-state index < -0.39 is 41.4 Å². The van der Waals surface area contributed by atoms with E-state index >= 15 is 0 Å². The monoisotopic (exact) mass is 539 g/mol. The number of hydrogen-bond acceptors (Lipinski definition) is 4. The van der Waals surface area contributed by atoms with Crippen molar-refractivity contribution < 1.29 is 40.3 Å². The van der Waals surface area contributed by atoms with Crippen molar-refractivity contribution in [3.63, 3.8) is 0 Å². The van der Waals surface area contributed by atoms with Crippen LogP contribution >= 0.6 is 0 Å². The molecule has 5 nitrogen and oxygen atoms in total. The van der Waals surface area contributed by atoms with Crippen molar-refractivity contribution in [3.05, 3.63) is 70.5 Å². The summed E-state index contributed by atoms with van der Waals surface area (Å²) in [7, 11) is 3.54. The SMILES string of the molecule is CCCCNC.CNCC(COCc1cc(C(F)(F)F)cc(C(F)(F)F)c1)(NC=O)c1ccc(F)cc1. The van der Waals surface area contributed by atoms with Crippen LogP contribution in [0.25, 0.3) is 0 Å². The molecule has 2 aromatic carbocycles. The second-order valence-electron chi connectivity index (χ2n) is 8.25. The molecule has 1 amide bonds. The molecule has 37 heavy (non-hydrogen) atoms. The van der Waals surface area contributed by atoms with Gasteiger partial charge in [0.05, 0.1) is 24.3 Å². The van der Waals surface area contributed by atoms with Crippen molar-refractivity contribution in [1.82, 2.24) is 16.0 Å². The van der Waals surface area contributed by atoms with Crippen LogP contribution in [0.2, 0.25) is 0 Å². The molecule has 0 spiro atoms. The number of carbonyl (C=O) groups is 1. The van der Waals surface area contributed by atoms with Gasteiger partial charge >= 0.3 is 12.4 Å². The number of carbonyl (C=O) groups excluding carboxylic acids is 1. The summed E-state index contributed by atoms with van der Waals surface area (Å²) >= 11 is 0. The Kier molecular flexibility index (Phi) is 13.0. The minimum atomic E-state index is -4.97. The molecule has 0 aliphatic rings. The van der Waals surface area contributed by atoms with E-state index in [-0.39, 0.29) is 24.8 Å². The number of hydrogen-bond donors (Lipinski definition) is 3. The first-order valence-corrected chi connectivity index (χ1v) is 11.5. The standard InChI is InChI=1S/C20H19F7N2O2.C5H13N/c1-28-10-18(29-12-30,14-2-4-17(21)5-3-14)11-31-9-13-6-15(19(22,23)24)8-16(7-13)20(25,26)27;1-3-4-5-6-2/h2-8,12,28H,9-11H2,1H3,(H,29,30);6H,3-5H2,1-2H3. The fourth-order valence-corrected chi connectivity index (χ4v) is 3.40. The lowest BCUT2D eigenvalue weighted by atomic mass is 9.90. The maximum Gasteiger partial charge on any atom is 0.416 e. The Bertz CT molecular complexity index is 915. The van der Waals surface area contributed by atoms with Gasteiger partial charge in [0.15, 0.2) is 0 Å². The van der Waals surface area contributed by atoms with Gasteiger partial charge < -0.3 is 20.7 Å². The van der Waals surface area contributed by atoms with Gasteiger partial charge in [-0.2, -0.15) is 26.3 Å². The van der Waals surface area contributed by atoms with Gasteiger partial charge in [-0.25, -0.2) is 4.39 Å². The smallest absolute Gasteiger partial charge is 0.374 e.